The van der Waals surface area contributed by atoms with Crippen molar-refractivity contribution < 1.29 is 14.3 Å². The molecule has 3 aromatic rings. The van der Waals surface area contributed by atoms with E-state index in [1.807, 2.05) is 30.3 Å². The Morgan fingerprint density at radius 2 is 2.04 bits per heavy atom. The number of hydrogen-bond donors (Lipinski definition) is 1. The van der Waals surface area contributed by atoms with Crippen molar-refractivity contribution in [1.82, 2.24) is 4.98 Å². The predicted molar refractivity (Wildman–Crippen MR) is 111 cm³/mol. The van der Waals surface area contributed by atoms with Gasteiger partial charge in [-0.3, -0.25) is 4.79 Å². The monoisotopic (exact) mass is 395 g/mol. The lowest BCUT2D eigenvalue weighted by Crippen LogP contribution is -2.36. The van der Waals surface area contributed by atoms with Crippen LogP contribution in [-0.4, -0.2) is 43.8 Å². The van der Waals surface area contributed by atoms with Crippen LogP contribution in [0.1, 0.15) is 11.1 Å². The Labute approximate surface area is 167 Å². The van der Waals surface area contributed by atoms with E-state index >= 15 is 0 Å². The van der Waals surface area contributed by atoms with E-state index in [1.165, 1.54) is 5.56 Å². The molecule has 7 heteroatoms. The number of benzene rings is 2. The topological polar surface area (TPSA) is 63.7 Å². The van der Waals surface area contributed by atoms with E-state index in [0.29, 0.717) is 6.42 Å². The van der Waals surface area contributed by atoms with E-state index in [4.69, 9.17) is 14.5 Å². The van der Waals surface area contributed by atoms with Crippen LogP contribution in [0.2, 0.25) is 0 Å². The average Bonchev–Trinajstić information content (AvgIpc) is 3.34. The highest BCUT2D eigenvalue weighted by molar-refractivity contribution is 7.22. The lowest BCUT2D eigenvalue weighted by molar-refractivity contribution is -0.115. The summed E-state index contributed by atoms with van der Waals surface area (Å²) in [5.41, 5.74) is 3.96. The first-order chi connectivity index (χ1) is 13.7. The van der Waals surface area contributed by atoms with Gasteiger partial charge in [-0.15, -0.1) is 0 Å². The lowest BCUT2D eigenvalue weighted by Gasteiger charge is -2.25. The van der Waals surface area contributed by atoms with E-state index < -0.39 is 0 Å². The number of thiazole rings is 1. The van der Waals surface area contributed by atoms with E-state index in [1.54, 1.807) is 11.3 Å². The van der Waals surface area contributed by atoms with Crippen LogP contribution in [0.4, 0.5) is 10.8 Å². The minimum atomic E-state index is -0.0175. The molecule has 0 atom stereocenters. The first-order valence-electron chi connectivity index (χ1n) is 9.52. The Morgan fingerprint density at radius 3 is 2.93 bits per heavy atom. The molecule has 28 heavy (non-hydrogen) atoms. The number of carbonyl (C=O) groups is 1. The van der Waals surface area contributed by atoms with Crippen molar-refractivity contribution in [2.24, 2.45) is 0 Å². The van der Waals surface area contributed by atoms with E-state index in [9.17, 15) is 4.79 Å². The molecule has 0 unspecified atom stereocenters. The number of nitrogens with one attached hydrogen (secondary N) is 1. The van der Waals surface area contributed by atoms with Crippen molar-refractivity contribution in [2.75, 3.05) is 43.1 Å². The molecule has 0 spiro atoms. The van der Waals surface area contributed by atoms with Crippen molar-refractivity contribution in [3.05, 3.63) is 47.5 Å². The summed E-state index contributed by atoms with van der Waals surface area (Å²) in [5.74, 6) is 0.923. The van der Waals surface area contributed by atoms with Gasteiger partial charge in [-0.25, -0.2) is 4.98 Å². The summed E-state index contributed by atoms with van der Waals surface area (Å²) in [7, 11) is 0. The standard InChI is InChI=1S/C21H21N3O3S/c25-20(12-14-1-4-18-15(11-14)5-8-27-18)22-16-2-3-17-19(13-16)28-21(23-17)24-6-9-26-10-7-24/h1-4,11,13H,5-10,12H2,(H,22,25). The number of anilines is 2. The maximum absolute atomic E-state index is 12.5. The zero-order valence-corrected chi connectivity index (χ0v) is 16.3. The zero-order valence-electron chi connectivity index (χ0n) is 15.4. The van der Waals surface area contributed by atoms with Gasteiger partial charge in [-0.05, 0) is 35.4 Å². The van der Waals surface area contributed by atoms with Gasteiger partial charge in [0, 0.05) is 25.2 Å². The molecule has 2 aliphatic rings. The number of amides is 1. The average molecular weight is 395 g/mol. The molecule has 2 aliphatic heterocycles. The molecule has 0 saturated carbocycles. The molecule has 5 rings (SSSR count). The molecule has 1 saturated heterocycles. The highest BCUT2D eigenvalue weighted by Crippen LogP contribution is 2.31. The third kappa shape index (κ3) is 3.55. The van der Waals surface area contributed by atoms with Gasteiger partial charge < -0.3 is 19.7 Å². The number of rotatable bonds is 4. The molecule has 1 N–H and O–H groups in total. The van der Waals surface area contributed by atoms with E-state index in [2.05, 4.69) is 16.3 Å². The van der Waals surface area contributed by atoms with Crippen LogP contribution in [0.25, 0.3) is 10.2 Å². The molecule has 6 nitrogen and oxygen atoms in total. The van der Waals surface area contributed by atoms with Crippen LogP contribution in [-0.2, 0) is 22.4 Å². The Bertz CT molecular complexity index is 1030. The molecule has 0 bridgehead atoms. The third-order valence-electron chi connectivity index (χ3n) is 5.06. The Hall–Kier alpha value is -2.64. The van der Waals surface area contributed by atoms with Crippen LogP contribution in [0.15, 0.2) is 36.4 Å². The van der Waals surface area contributed by atoms with Gasteiger partial charge in [0.25, 0.3) is 0 Å². The fraction of sp³-hybridized carbons (Fsp3) is 0.333. The number of carbonyl (C=O) groups excluding carboxylic acids is 1. The molecule has 1 amide bonds. The van der Waals surface area contributed by atoms with Gasteiger partial charge in [0.1, 0.15) is 5.75 Å². The lowest BCUT2D eigenvalue weighted by atomic mass is 10.1. The second-order valence-electron chi connectivity index (χ2n) is 7.04. The molecule has 0 aliphatic carbocycles. The Morgan fingerprint density at radius 1 is 1.14 bits per heavy atom. The molecule has 0 radical (unpaired) electrons. The number of hydrogen-bond acceptors (Lipinski definition) is 6. The van der Waals surface area contributed by atoms with Crippen molar-refractivity contribution in [3.63, 3.8) is 0 Å². The molecule has 3 heterocycles. The number of nitrogens with zero attached hydrogens (tertiary/aromatic N) is 2. The normalized spacial score (nSPS) is 16.1. The zero-order chi connectivity index (χ0) is 18.9. The van der Waals surface area contributed by atoms with Crippen LogP contribution in [0.3, 0.4) is 0 Å². The molecule has 144 valence electrons. The molecular formula is C21H21N3O3S. The Balaban J connectivity index is 1.28. The number of aromatic nitrogens is 1. The highest BCUT2D eigenvalue weighted by atomic mass is 32.1. The predicted octanol–water partition coefficient (Wildman–Crippen LogP) is 3.25. The maximum Gasteiger partial charge on any atom is 0.228 e. The molecule has 1 fully saturated rings. The van der Waals surface area contributed by atoms with Gasteiger partial charge in [-0.2, -0.15) is 0 Å². The van der Waals surface area contributed by atoms with Gasteiger partial charge in [0.05, 0.1) is 36.5 Å². The first-order valence-corrected chi connectivity index (χ1v) is 10.3. The highest BCUT2D eigenvalue weighted by Gasteiger charge is 2.16. The van der Waals surface area contributed by atoms with Crippen molar-refractivity contribution in [3.8, 4) is 5.75 Å². The largest absolute Gasteiger partial charge is 0.493 e. The summed E-state index contributed by atoms with van der Waals surface area (Å²) in [6.45, 7) is 3.95. The minimum absolute atomic E-state index is 0.0175. The first kappa shape index (κ1) is 17.5. The fourth-order valence-electron chi connectivity index (χ4n) is 3.62. The second-order valence-corrected chi connectivity index (χ2v) is 8.05. The summed E-state index contributed by atoms with van der Waals surface area (Å²) in [6, 6.07) is 11.9. The minimum Gasteiger partial charge on any atom is -0.493 e. The van der Waals surface area contributed by atoms with Crippen molar-refractivity contribution >= 4 is 38.3 Å². The van der Waals surface area contributed by atoms with Crippen molar-refractivity contribution in [1.29, 1.82) is 0 Å². The molecule has 2 aromatic carbocycles. The number of ether oxygens (including phenoxy) is 2. The second kappa shape index (κ2) is 7.41. The summed E-state index contributed by atoms with van der Waals surface area (Å²) >= 11 is 1.66. The van der Waals surface area contributed by atoms with Crippen molar-refractivity contribution in [2.45, 2.75) is 12.8 Å². The van der Waals surface area contributed by atoms with Gasteiger partial charge in [-0.1, -0.05) is 23.5 Å². The van der Waals surface area contributed by atoms with E-state index in [-0.39, 0.29) is 5.91 Å². The summed E-state index contributed by atoms with van der Waals surface area (Å²) in [5, 5.41) is 4.03. The number of morpholine rings is 1. The summed E-state index contributed by atoms with van der Waals surface area (Å²) < 4.78 is 12.0. The quantitative estimate of drug-likeness (QED) is 0.735. The van der Waals surface area contributed by atoms with Crippen LogP contribution < -0.4 is 15.0 Å². The molecule has 1 aromatic heterocycles. The van der Waals surface area contributed by atoms with Gasteiger partial charge in [0.2, 0.25) is 5.91 Å². The number of fused-ring (bicyclic) bond motifs is 2. The smallest absolute Gasteiger partial charge is 0.228 e. The van der Waals surface area contributed by atoms with Crippen LogP contribution in [0, 0.1) is 0 Å². The van der Waals surface area contributed by atoms with E-state index in [0.717, 1.165) is 71.7 Å². The summed E-state index contributed by atoms with van der Waals surface area (Å²) in [4.78, 5) is 19.5. The van der Waals surface area contributed by atoms with Crippen LogP contribution >= 0.6 is 11.3 Å². The fourth-order valence-corrected chi connectivity index (χ4v) is 4.68. The van der Waals surface area contributed by atoms with Gasteiger partial charge >= 0.3 is 0 Å². The SMILES string of the molecule is O=C(Cc1ccc2c(c1)CCO2)Nc1ccc2nc(N3CCOCC3)sc2c1. The van der Waals surface area contributed by atoms with Crippen LogP contribution in [0.5, 0.6) is 5.75 Å². The Kier molecular flexibility index (Phi) is 4.62. The van der Waals surface area contributed by atoms with Gasteiger partial charge in [0.15, 0.2) is 5.13 Å². The maximum atomic E-state index is 12.5. The summed E-state index contributed by atoms with van der Waals surface area (Å²) in [6.07, 6.45) is 1.27. The third-order valence-corrected chi connectivity index (χ3v) is 6.14. The molecular weight excluding hydrogens is 374 g/mol.